The molecule has 1 heterocycles. The van der Waals surface area contributed by atoms with Gasteiger partial charge in [0.1, 0.15) is 5.70 Å². The van der Waals surface area contributed by atoms with Gasteiger partial charge in [-0.1, -0.05) is 54.6 Å². The van der Waals surface area contributed by atoms with Crippen LogP contribution in [-0.4, -0.2) is 27.3 Å². The Labute approximate surface area is 175 Å². The van der Waals surface area contributed by atoms with E-state index >= 15 is 0 Å². The van der Waals surface area contributed by atoms with Crippen molar-refractivity contribution in [3.63, 3.8) is 0 Å². The second-order valence-corrected chi connectivity index (χ2v) is 6.93. The van der Waals surface area contributed by atoms with Crippen LogP contribution in [0.25, 0.3) is 0 Å². The van der Waals surface area contributed by atoms with E-state index in [1.54, 1.807) is 6.07 Å². The first-order chi connectivity index (χ1) is 15.7. The average molecular weight is 422 g/mol. The van der Waals surface area contributed by atoms with Crippen LogP contribution in [0.1, 0.15) is 29.6 Å². The smallest absolute Gasteiger partial charge is 0.313 e. The molecule has 0 aromatic heterocycles. The van der Waals surface area contributed by atoms with Crippen LogP contribution in [0.5, 0.6) is 0 Å². The van der Waals surface area contributed by atoms with Gasteiger partial charge in [-0.25, -0.2) is 0 Å². The highest BCUT2D eigenvalue weighted by Crippen LogP contribution is 2.32. The third-order valence-corrected chi connectivity index (χ3v) is 4.51. The number of esters is 1. The van der Waals surface area contributed by atoms with Crippen molar-refractivity contribution in [2.24, 2.45) is 5.73 Å². The van der Waals surface area contributed by atoms with Gasteiger partial charge in [-0.3, -0.25) is 9.59 Å². The minimum atomic E-state index is -5.12. The van der Waals surface area contributed by atoms with E-state index in [-0.39, 0.29) is 16.7 Å². The van der Waals surface area contributed by atoms with E-state index in [0.717, 1.165) is 31.4 Å². The Bertz CT molecular complexity index is 1260. The molecule has 0 radical (unpaired) electrons. The van der Waals surface area contributed by atoms with Crippen molar-refractivity contribution in [3.05, 3.63) is 82.9 Å². The maximum absolute atomic E-state index is 12.9. The lowest BCUT2D eigenvalue weighted by atomic mass is 10.0. The Hall–Kier alpha value is -3.33. The molecule has 0 bridgehead atoms. The van der Waals surface area contributed by atoms with Crippen LogP contribution < -0.4 is 5.73 Å². The van der Waals surface area contributed by atoms with Crippen molar-refractivity contribution in [1.29, 1.82) is 0 Å². The van der Waals surface area contributed by atoms with Gasteiger partial charge in [0.15, 0.2) is 6.08 Å². The summed E-state index contributed by atoms with van der Waals surface area (Å²) in [4.78, 5) is 24.6. The Morgan fingerprint density at radius 1 is 1.17 bits per heavy atom. The first-order valence-corrected chi connectivity index (χ1v) is 9.52. The lowest BCUT2D eigenvalue weighted by Gasteiger charge is -2.10. The molecule has 1 atom stereocenters. The number of hydrogen-bond acceptors (Lipinski definition) is 8. The van der Waals surface area contributed by atoms with Gasteiger partial charge in [0, 0.05) is 8.30 Å². The molecule has 29 heavy (non-hydrogen) atoms. The highest BCUT2D eigenvalue weighted by Gasteiger charge is 2.39. The molecule has 152 valence electrons. The third kappa shape index (κ3) is 4.94. The van der Waals surface area contributed by atoms with Gasteiger partial charge >= 0.3 is 16.1 Å². The number of rotatable bonds is 7. The van der Waals surface area contributed by atoms with Gasteiger partial charge in [-0.2, -0.15) is 8.42 Å². The summed E-state index contributed by atoms with van der Waals surface area (Å²) in [6, 6.07) is 11.3. The first kappa shape index (κ1) is 14.6. The molecule has 0 amide bonds. The number of carbonyl (C=O) groups is 2. The Morgan fingerprint density at radius 2 is 1.83 bits per heavy atom. The van der Waals surface area contributed by atoms with Gasteiger partial charge < -0.3 is 19.4 Å². The number of carbonyl (C=O) groups excluding carboxylic acids is 2. The van der Waals surface area contributed by atoms with Crippen LogP contribution in [0.15, 0.2) is 66.2 Å². The SMILES string of the molecule is [2H]C([2H])(C(=O)OC)c1ccc([C@]2([2H])OC(N)=C(OS(=O)(=O)C([2H])([2H])c3ccccc3)C2=O)cc1. The molecule has 8 nitrogen and oxygen atoms in total. The molecule has 0 unspecified atom stereocenters. The van der Waals surface area contributed by atoms with E-state index in [2.05, 4.69) is 4.74 Å². The zero-order chi connectivity index (χ0) is 25.5. The Balaban J connectivity index is 1.89. The molecule has 2 aromatic rings. The van der Waals surface area contributed by atoms with E-state index in [1.165, 1.54) is 24.3 Å². The van der Waals surface area contributed by atoms with Gasteiger partial charge in [-0.05, 0) is 11.1 Å². The van der Waals surface area contributed by atoms with Crippen LogP contribution in [0.4, 0.5) is 0 Å². The number of ketones is 1. The van der Waals surface area contributed by atoms with Crippen LogP contribution >= 0.6 is 0 Å². The molecule has 1 aliphatic rings. The van der Waals surface area contributed by atoms with E-state index in [9.17, 15) is 18.0 Å². The number of ether oxygens (including phenoxy) is 2. The summed E-state index contributed by atoms with van der Waals surface area (Å²) >= 11 is 0. The lowest BCUT2D eigenvalue weighted by Crippen LogP contribution is -2.16. The number of benzene rings is 2. The fourth-order valence-electron chi connectivity index (χ4n) is 2.34. The second kappa shape index (κ2) is 8.36. The van der Waals surface area contributed by atoms with Crippen LogP contribution in [-0.2, 0) is 45.4 Å². The molecule has 2 aromatic carbocycles. The van der Waals surface area contributed by atoms with Gasteiger partial charge in [0.25, 0.3) is 0 Å². The Kier molecular flexibility index (Phi) is 4.22. The van der Waals surface area contributed by atoms with Crippen molar-refractivity contribution in [3.8, 4) is 0 Å². The number of Topliss-reactive ketones (excluding diaryl/α,β-unsaturated/α-hetero) is 1. The highest BCUT2D eigenvalue weighted by atomic mass is 32.2. The minimum absolute atomic E-state index is 0.131. The third-order valence-electron chi connectivity index (χ3n) is 3.64. The van der Waals surface area contributed by atoms with Crippen LogP contribution in [0.3, 0.4) is 0 Å². The number of hydrogen-bond donors (Lipinski definition) is 1. The number of methoxy groups -OCH3 is 1. The van der Waals surface area contributed by atoms with Crippen LogP contribution in [0.2, 0.25) is 0 Å². The monoisotopic (exact) mass is 422 g/mol. The average Bonchev–Trinajstić information content (AvgIpc) is 3.02. The molecule has 0 fully saturated rings. The van der Waals surface area contributed by atoms with Crippen molar-refractivity contribution in [1.82, 2.24) is 0 Å². The quantitative estimate of drug-likeness (QED) is 0.529. The van der Waals surface area contributed by atoms with Gasteiger partial charge in [-0.15, -0.1) is 0 Å². The summed E-state index contributed by atoms with van der Waals surface area (Å²) in [5.74, 6) is -4.39. The molecule has 0 spiro atoms. The number of nitrogens with two attached hydrogens (primary N) is 1. The van der Waals surface area contributed by atoms with Crippen molar-refractivity contribution >= 4 is 21.9 Å². The fraction of sp³-hybridized carbons (Fsp3) is 0.200. The zero-order valence-electron chi connectivity index (χ0n) is 20.0. The second-order valence-electron chi connectivity index (χ2n) is 5.65. The van der Waals surface area contributed by atoms with E-state index in [1.807, 2.05) is 0 Å². The first-order valence-electron chi connectivity index (χ1n) is 10.6. The molecule has 1 aliphatic heterocycles. The summed E-state index contributed by atoms with van der Waals surface area (Å²) < 4.78 is 79.6. The fourth-order valence-corrected chi connectivity index (χ4v) is 3.19. The lowest BCUT2D eigenvalue weighted by molar-refractivity contribution is -0.139. The van der Waals surface area contributed by atoms with E-state index in [0.29, 0.717) is 0 Å². The molecule has 0 saturated carbocycles. The summed E-state index contributed by atoms with van der Waals surface area (Å²) in [7, 11) is -4.11. The zero-order valence-corrected chi connectivity index (χ0v) is 15.9. The van der Waals surface area contributed by atoms with Crippen LogP contribution in [0, 0.1) is 0 Å². The maximum atomic E-state index is 12.9. The molecule has 2 N–H and O–H groups in total. The predicted molar refractivity (Wildman–Crippen MR) is 102 cm³/mol. The topological polar surface area (TPSA) is 122 Å². The molecule has 0 aliphatic carbocycles. The standard InChI is InChI=1S/C20H19NO7S/c1-26-16(22)11-13-7-9-15(10-8-13)18-17(23)19(20(21)27-18)28-29(24,25)12-14-5-3-2-4-6-14/h2-10,18H,11-12,21H2,1H3/t18-/m0/s1/i11D2,12D2,18D. The molecular weight excluding hydrogens is 398 g/mol. The highest BCUT2D eigenvalue weighted by molar-refractivity contribution is 7.86. The molecule has 3 rings (SSSR count). The van der Waals surface area contributed by atoms with Gasteiger partial charge in [0.05, 0.1) is 17.6 Å². The van der Waals surface area contributed by atoms with E-state index in [4.69, 9.17) is 21.5 Å². The summed E-state index contributed by atoms with van der Waals surface area (Å²) in [5, 5.41) is 0. The normalized spacial score (nSPS) is 22.5. The predicted octanol–water partition coefficient (Wildman–Crippen LogP) is 1.72. The summed E-state index contributed by atoms with van der Waals surface area (Å²) in [6.45, 7) is 0. The van der Waals surface area contributed by atoms with Crippen molar-refractivity contribution in [2.45, 2.75) is 18.2 Å². The minimum Gasteiger partial charge on any atom is -0.469 e. The van der Waals surface area contributed by atoms with Crippen molar-refractivity contribution < 1.29 is 38.5 Å². The largest absolute Gasteiger partial charge is 0.469 e. The summed E-state index contributed by atoms with van der Waals surface area (Å²) in [6.07, 6.45) is -5.10. The molecule has 9 heteroatoms. The van der Waals surface area contributed by atoms with E-state index < -0.39 is 51.7 Å². The molecule has 0 saturated heterocycles. The van der Waals surface area contributed by atoms with Gasteiger partial charge in [0.2, 0.25) is 17.4 Å². The Morgan fingerprint density at radius 3 is 2.45 bits per heavy atom. The summed E-state index contributed by atoms with van der Waals surface area (Å²) in [5.41, 5.74) is 1.99. The maximum Gasteiger partial charge on any atom is 0.313 e. The van der Waals surface area contributed by atoms with Crippen molar-refractivity contribution in [2.75, 3.05) is 7.11 Å². The molecular formula is C20H19NO7S.